The molecule has 116 valence electrons. The van der Waals surface area contributed by atoms with Gasteiger partial charge in [0.2, 0.25) is 17.2 Å². The molecule has 0 spiro atoms. The van der Waals surface area contributed by atoms with Gasteiger partial charge in [-0.1, -0.05) is 24.3 Å². The van der Waals surface area contributed by atoms with Crippen LogP contribution in [0.25, 0.3) is 22.1 Å². The van der Waals surface area contributed by atoms with E-state index in [0.717, 1.165) is 0 Å². The molecule has 0 atom stereocenters. The lowest BCUT2D eigenvalue weighted by molar-refractivity contribution is -0.114. The van der Waals surface area contributed by atoms with Gasteiger partial charge in [0, 0.05) is 0 Å². The minimum Gasteiger partial charge on any atom is -0.439 e. The molecule has 1 N–H and O–H groups in total. The number of anilines is 1. The Bertz CT molecular complexity index is 935. The maximum absolute atomic E-state index is 13.1. The molecular weight excluding hydrogens is 321 g/mol. The highest BCUT2D eigenvalue weighted by molar-refractivity contribution is 6.29. The summed E-state index contributed by atoms with van der Waals surface area (Å²) in [7, 11) is 0. The molecule has 2 aromatic carbocycles. The summed E-state index contributed by atoms with van der Waals surface area (Å²) in [6.07, 6.45) is 0. The molecule has 4 nitrogen and oxygen atoms in total. The highest BCUT2D eigenvalue weighted by Crippen LogP contribution is 2.28. The number of nitrogens with one attached hydrogen (secondary N) is 1. The zero-order valence-electron chi connectivity index (χ0n) is 11.8. The third kappa shape index (κ3) is 2.96. The molecule has 1 aromatic heterocycles. The van der Waals surface area contributed by atoms with Crippen molar-refractivity contribution in [2.24, 2.45) is 0 Å². The van der Waals surface area contributed by atoms with E-state index in [1.165, 1.54) is 24.3 Å². The summed E-state index contributed by atoms with van der Waals surface area (Å²) in [6.45, 7) is 0. The Hall–Kier alpha value is -2.66. The largest absolute Gasteiger partial charge is 0.439 e. The molecule has 6 heteroatoms. The van der Waals surface area contributed by atoms with Crippen LogP contribution >= 0.6 is 11.6 Å². The Balaban J connectivity index is 2.29. The maximum atomic E-state index is 13.1. The number of carbonyl (C=O) groups is 1. The number of halogens is 2. The van der Waals surface area contributed by atoms with Gasteiger partial charge in [0.1, 0.15) is 17.3 Å². The van der Waals surface area contributed by atoms with Gasteiger partial charge in [-0.3, -0.25) is 14.9 Å². The highest BCUT2D eigenvalue weighted by Gasteiger charge is 2.17. The molecule has 3 aromatic rings. The van der Waals surface area contributed by atoms with Gasteiger partial charge in [-0.2, -0.15) is 0 Å². The smallest absolute Gasteiger partial charge is 0.241 e. The molecule has 0 fully saturated rings. The third-order valence-corrected chi connectivity index (χ3v) is 3.55. The van der Waals surface area contributed by atoms with Crippen molar-refractivity contribution in [3.05, 3.63) is 64.6 Å². The van der Waals surface area contributed by atoms with Crippen molar-refractivity contribution >= 4 is 34.4 Å². The van der Waals surface area contributed by atoms with Crippen LogP contribution in [0.5, 0.6) is 0 Å². The number of hydrogen-bond acceptors (Lipinski definition) is 3. The van der Waals surface area contributed by atoms with E-state index >= 15 is 0 Å². The van der Waals surface area contributed by atoms with Crippen molar-refractivity contribution in [3.63, 3.8) is 0 Å². The Morgan fingerprint density at radius 2 is 1.83 bits per heavy atom. The highest BCUT2D eigenvalue weighted by atomic mass is 35.5. The first-order chi connectivity index (χ1) is 11.1. The summed E-state index contributed by atoms with van der Waals surface area (Å²) in [5.41, 5.74) is 0.620. The van der Waals surface area contributed by atoms with Crippen LogP contribution in [0.4, 0.5) is 10.3 Å². The van der Waals surface area contributed by atoms with Crippen LogP contribution in [-0.4, -0.2) is 11.8 Å². The molecule has 0 saturated carbocycles. The molecule has 1 amide bonds. The Morgan fingerprint density at radius 3 is 2.52 bits per heavy atom. The van der Waals surface area contributed by atoms with Gasteiger partial charge in [-0.25, -0.2) is 4.39 Å². The van der Waals surface area contributed by atoms with E-state index in [9.17, 15) is 14.0 Å². The fourth-order valence-corrected chi connectivity index (χ4v) is 2.34. The maximum Gasteiger partial charge on any atom is 0.241 e. The van der Waals surface area contributed by atoms with Crippen molar-refractivity contribution in [2.75, 3.05) is 11.2 Å². The second-order valence-corrected chi connectivity index (χ2v) is 5.09. The first-order valence-corrected chi connectivity index (χ1v) is 7.31. The number of benzene rings is 2. The number of carbonyl (C=O) groups excluding carboxylic acids is 1. The fourth-order valence-electron chi connectivity index (χ4n) is 2.27. The first-order valence-electron chi connectivity index (χ1n) is 6.78. The molecule has 0 unspecified atom stereocenters. The van der Waals surface area contributed by atoms with Gasteiger partial charge in [0.05, 0.1) is 10.9 Å². The van der Waals surface area contributed by atoms with Crippen LogP contribution in [0.15, 0.2) is 57.7 Å². The van der Waals surface area contributed by atoms with Crippen LogP contribution in [0.1, 0.15) is 0 Å². The van der Waals surface area contributed by atoms with Crippen LogP contribution < -0.4 is 10.7 Å². The summed E-state index contributed by atoms with van der Waals surface area (Å²) in [6, 6.07) is 12.1. The number of rotatable bonds is 3. The molecule has 0 aliphatic rings. The first kappa shape index (κ1) is 15.2. The minimum atomic E-state index is -0.506. The Labute approximate surface area is 135 Å². The fraction of sp³-hybridized carbons (Fsp3) is 0.0588. The molecule has 0 saturated heterocycles. The van der Waals surface area contributed by atoms with Gasteiger partial charge >= 0.3 is 0 Å². The summed E-state index contributed by atoms with van der Waals surface area (Å²) in [4.78, 5) is 24.4. The van der Waals surface area contributed by atoms with Crippen molar-refractivity contribution in [2.45, 2.75) is 0 Å². The number of amides is 1. The molecule has 3 rings (SSSR count). The lowest BCUT2D eigenvalue weighted by atomic mass is 10.0. The quantitative estimate of drug-likeness (QED) is 0.743. The third-order valence-electron chi connectivity index (χ3n) is 3.31. The molecule has 0 aliphatic heterocycles. The zero-order valence-corrected chi connectivity index (χ0v) is 12.6. The second kappa shape index (κ2) is 6.22. The summed E-state index contributed by atoms with van der Waals surface area (Å²) < 4.78 is 18.8. The number of hydrogen-bond donors (Lipinski definition) is 1. The van der Waals surface area contributed by atoms with E-state index in [1.54, 1.807) is 24.3 Å². The average molecular weight is 332 g/mol. The van der Waals surface area contributed by atoms with Crippen molar-refractivity contribution in [1.29, 1.82) is 0 Å². The number of para-hydroxylation sites is 1. The summed E-state index contributed by atoms with van der Waals surface area (Å²) in [5.74, 6) is -1.22. The van der Waals surface area contributed by atoms with E-state index < -0.39 is 11.7 Å². The summed E-state index contributed by atoms with van der Waals surface area (Å²) >= 11 is 5.50. The van der Waals surface area contributed by atoms with Crippen LogP contribution in [0.3, 0.4) is 0 Å². The Kier molecular flexibility index (Phi) is 4.12. The number of fused-ring (bicyclic) bond motifs is 1. The number of alkyl halides is 1. The summed E-state index contributed by atoms with van der Waals surface area (Å²) in [5, 5.41) is 2.85. The van der Waals surface area contributed by atoms with Gasteiger partial charge < -0.3 is 4.42 Å². The standard InChI is InChI=1S/C17H11ClFNO3/c18-9-14(21)20-17-15(10-5-7-11(19)8-6-10)16(22)12-3-1-2-4-13(12)23-17/h1-8H,9H2,(H,20,21). The van der Waals surface area contributed by atoms with Gasteiger partial charge in [0.25, 0.3) is 0 Å². The van der Waals surface area contributed by atoms with E-state index in [2.05, 4.69) is 5.32 Å². The molecule has 0 aliphatic carbocycles. The van der Waals surface area contributed by atoms with Crippen molar-refractivity contribution < 1.29 is 13.6 Å². The minimum absolute atomic E-state index is 0.00837. The SMILES string of the molecule is O=C(CCl)Nc1oc2ccccc2c(=O)c1-c1ccc(F)cc1. The Morgan fingerprint density at radius 1 is 1.13 bits per heavy atom. The zero-order chi connectivity index (χ0) is 16.4. The van der Waals surface area contributed by atoms with Crippen LogP contribution in [0, 0.1) is 5.82 Å². The average Bonchev–Trinajstić information content (AvgIpc) is 2.56. The van der Waals surface area contributed by atoms with Crippen LogP contribution in [0.2, 0.25) is 0 Å². The van der Waals surface area contributed by atoms with Crippen LogP contribution in [-0.2, 0) is 4.79 Å². The molecule has 1 heterocycles. The monoisotopic (exact) mass is 331 g/mol. The normalized spacial score (nSPS) is 10.7. The predicted molar refractivity (Wildman–Crippen MR) is 87.2 cm³/mol. The van der Waals surface area contributed by atoms with Gasteiger partial charge in [-0.05, 0) is 29.8 Å². The van der Waals surface area contributed by atoms with Crippen molar-refractivity contribution in [1.82, 2.24) is 0 Å². The predicted octanol–water partition coefficient (Wildman–Crippen LogP) is 3.78. The molecule has 0 radical (unpaired) electrons. The molecular formula is C17H11ClFNO3. The van der Waals surface area contributed by atoms with E-state index in [4.69, 9.17) is 16.0 Å². The van der Waals surface area contributed by atoms with E-state index in [-0.39, 0.29) is 22.8 Å². The van der Waals surface area contributed by atoms with Crippen molar-refractivity contribution in [3.8, 4) is 11.1 Å². The van der Waals surface area contributed by atoms with Gasteiger partial charge in [-0.15, -0.1) is 11.6 Å². The lowest BCUT2D eigenvalue weighted by Gasteiger charge is -2.10. The molecule has 0 bridgehead atoms. The van der Waals surface area contributed by atoms with E-state index in [0.29, 0.717) is 16.5 Å². The van der Waals surface area contributed by atoms with Gasteiger partial charge in [0.15, 0.2) is 0 Å². The topological polar surface area (TPSA) is 59.3 Å². The van der Waals surface area contributed by atoms with E-state index in [1.807, 2.05) is 0 Å². The molecule has 23 heavy (non-hydrogen) atoms. The lowest BCUT2D eigenvalue weighted by Crippen LogP contribution is -2.17. The second-order valence-electron chi connectivity index (χ2n) is 4.82.